The van der Waals surface area contributed by atoms with Gasteiger partial charge in [0, 0.05) is 5.92 Å². The van der Waals surface area contributed by atoms with Crippen molar-refractivity contribution in [2.45, 2.75) is 19.3 Å². The van der Waals surface area contributed by atoms with Gasteiger partial charge in [-0.2, -0.15) is 0 Å². The first kappa shape index (κ1) is 20.3. The highest BCUT2D eigenvalue weighted by Crippen LogP contribution is 2.57. The van der Waals surface area contributed by atoms with Crippen molar-refractivity contribution in [2.75, 3.05) is 4.90 Å². The van der Waals surface area contributed by atoms with E-state index in [4.69, 9.17) is 11.6 Å². The Kier molecular flexibility index (Phi) is 4.77. The molecule has 154 valence electrons. The van der Waals surface area contributed by atoms with Crippen LogP contribution < -0.4 is 4.90 Å². The second-order valence-electron chi connectivity index (χ2n) is 7.70. The summed E-state index contributed by atoms with van der Waals surface area (Å²) in [7, 11) is 0. The minimum absolute atomic E-state index is 0.183. The lowest BCUT2D eigenvalue weighted by Crippen LogP contribution is -2.41. The highest BCUT2D eigenvalue weighted by Gasteiger charge is 2.62. The fourth-order valence-corrected chi connectivity index (χ4v) is 4.78. The predicted octanol–water partition coefficient (Wildman–Crippen LogP) is 5.12. The van der Waals surface area contributed by atoms with E-state index in [0.717, 1.165) is 11.0 Å². The van der Waals surface area contributed by atoms with Crippen LogP contribution in [0.4, 0.5) is 14.5 Å². The lowest BCUT2D eigenvalue weighted by molar-refractivity contribution is -0.127. The van der Waals surface area contributed by atoms with Gasteiger partial charge in [-0.05, 0) is 54.8 Å². The van der Waals surface area contributed by atoms with Crippen LogP contribution in [0.25, 0.3) is 0 Å². The van der Waals surface area contributed by atoms with Gasteiger partial charge in [0.15, 0.2) is 11.6 Å². The number of hydrogen-bond acceptors (Lipinski definition) is 3. The number of aromatic hydroxyl groups is 1. The van der Waals surface area contributed by atoms with Crippen molar-refractivity contribution in [1.29, 1.82) is 0 Å². The van der Waals surface area contributed by atoms with Crippen LogP contribution in [0.2, 0.25) is 5.02 Å². The summed E-state index contributed by atoms with van der Waals surface area (Å²) in [6.45, 7) is 5.48. The number of hydrogen-bond donors (Lipinski definition) is 1. The zero-order valence-corrected chi connectivity index (χ0v) is 16.8. The average Bonchev–Trinajstić information content (AvgIpc) is 2.91. The molecule has 0 spiro atoms. The molecule has 3 atom stereocenters. The summed E-state index contributed by atoms with van der Waals surface area (Å²) in [5.74, 6) is -4.23. The minimum Gasteiger partial charge on any atom is -0.505 e. The molecule has 0 aromatic heterocycles. The van der Waals surface area contributed by atoms with E-state index in [-0.39, 0.29) is 10.7 Å². The van der Waals surface area contributed by atoms with Crippen LogP contribution in [0.3, 0.4) is 0 Å². The van der Waals surface area contributed by atoms with Gasteiger partial charge in [-0.25, -0.2) is 13.7 Å². The van der Waals surface area contributed by atoms with Crippen LogP contribution in [0.1, 0.15) is 24.8 Å². The molecule has 1 aliphatic heterocycles. The number of imide groups is 1. The zero-order valence-electron chi connectivity index (χ0n) is 16.0. The number of allylic oxidation sites excluding steroid dienone is 3. The number of phenolic OH excluding ortho intramolecular Hbond substituents is 1. The van der Waals surface area contributed by atoms with Gasteiger partial charge in [-0.15, -0.1) is 0 Å². The first-order valence-corrected chi connectivity index (χ1v) is 9.72. The van der Waals surface area contributed by atoms with Crippen molar-refractivity contribution in [1.82, 2.24) is 0 Å². The van der Waals surface area contributed by atoms with E-state index in [9.17, 15) is 23.5 Å². The number of anilines is 1. The van der Waals surface area contributed by atoms with Crippen LogP contribution in [0.15, 0.2) is 60.7 Å². The largest absolute Gasteiger partial charge is 0.505 e. The van der Waals surface area contributed by atoms with E-state index in [1.807, 2.05) is 6.08 Å². The summed E-state index contributed by atoms with van der Waals surface area (Å²) in [5, 5.41) is 9.37. The van der Waals surface area contributed by atoms with E-state index >= 15 is 0 Å². The molecule has 0 bridgehead atoms. The van der Waals surface area contributed by atoms with E-state index in [1.54, 1.807) is 13.0 Å². The van der Waals surface area contributed by atoms with Gasteiger partial charge in [0.1, 0.15) is 5.82 Å². The van der Waals surface area contributed by atoms with Crippen LogP contribution >= 0.6 is 11.6 Å². The molecule has 2 aromatic rings. The quantitative estimate of drug-likeness (QED) is 0.689. The smallest absolute Gasteiger partial charge is 0.241 e. The number of phenols is 1. The van der Waals surface area contributed by atoms with E-state index < -0.39 is 46.4 Å². The minimum atomic E-state index is -1.22. The molecule has 2 aliphatic rings. The molecule has 2 amide bonds. The number of rotatable bonds is 3. The molecule has 30 heavy (non-hydrogen) atoms. The maximum absolute atomic E-state index is 14.1. The van der Waals surface area contributed by atoms with Crippen LogP contribution in [-0.4, -0.2) is 16.9 Å². The molecule has 4 rings (SSSR count). The van der Waals surface area contributed by atoms with E-state index in [0.29, 0.717) is 17.6 Å². The summed E-state index contributed by atoms with van der Waals surface area (Å²) in [6.07, 6.45) is 3.72. The normalized spacial score (nSPS) is 25.9. The average molecular weight is 430 g/mol. The first-order chi connectivity index (χ1) is 14.2. The van der Waals surface area contributed by atoms with Crippen LogP contribution in [0, 0.1) is 23.0 Å². The van der Waals surface area contributed by atoms with Crippen molar-refractivity contribution in [2.24, 2.45) is 11.3 Å². The molecule has 7 heteroatoms. The molecule has 1 heterocycles. The van der Waals surface area contributed by atoms with Gasteiger partial charge in [0.05, 0.1) is 22.0 Å². The molecule has 4 nitrogen and oxygen atoms in total. The maximum Gasteiger partial charge on any atom is 0.241 e. The third-order valence-corrected chi connectivity index (χ3v) is 6.42. The molecule has 3 unspecified atom stereocenters. The van der Waals surface area contributed by atoms with E-state index in [2.05, 4.69) is 6.58 Å². The van der Waals surface area contributed by atoms with Crippen molar-refractivity contribution in [3.63, 3.8) is 0 Å². The molecular weight excluding hydrogens is 412 g/mol. The highest BCUT2D eigenvalue weighted by atomic mass is 35.5. The molecule has 2 aromatic carbocycles. The van der Waals surface area contributed by atoms with Crippen molar-refractivity contribution >= 4 is 29.1 Å². The Morgan fingerprint density at radius 3 is 2.57 bits per heavy atom. The number of benzene rings is 2. The van der Waals surface area contributed by atoms with Gasteiger partial charge < -0.3 is 5.11 Å². The predicted molar refractivity (Wildman–Crippen MR) is 109 cm³/mol. The van der Waals surface area contributed by atoms with Gasteiger partial charge in [-0.3, -0.25) is 9.59 Å². The molecule has 1 aliphatic carbocycles. The third kappa shape index (κ3) is 2.78. The first-order valence-electron chi connectivity index (χ1n) is 9.34. The topological polar surface area (TPSA) is 57.6 Å². The molecule has 1 N–H and O–H groups in total. The Bertz CT molecular complexity index is 1130. The van der Waals surface area contributed by atoms with Crippen molar-refractivity contribution < 1.29 is 23.5 Å². The second-order valence-corrected chi connectivity index (χ2v) is 8.11. The number of amides is 2. The summed E-state index contributed by atoms with van der Waals surface area (Å²) >= 11 is 5.86. The lowest BCUT2D eigenvalue weighted by Gasteiger charge is -2.40. The standard InChI is InChI=1S/C23H18ClF2NO3/c1-3-12-4-7-15-21(29)27(14-6-8-17(25)16(24)11-14)22(30)23(15,2)20(12)13-5-9-19(28)18(26)10-13/h3-6,8-11,15,20,28H,1,7H2,2H3. The van der Waals surface area contributed by atoms with Crippen LogP contribution in [-0.2, 0) is 9.59 Å². The van der Waals surface area contributed by atoms with Gasteiger partial charge >= 0.3 is 0 Å². The Labute approximate surface area is 177 Å². The number of carbonyl (C=O) groups is 2. The highest BCUT2D eigenvalue weighted by molar-refractivity contribution is 6.31. The molecule has 0 saturated carbocycles. The number of fused-ring (bicyclic) bond motifs is 1. The van der Waals surface area contributed by atoms with Crippen molar-refractivity contribution in [3.05, 3.63) is 82.9 Å². The Hall–Kier alpha value is -2.99. The van der Waals surface area contributed by atoms with E-state index in [1.165, 1.54) is 30.3 Å². The fraction of sp³-hybridized carbons (Fsp3) is 0.217. The number of halogens is 3. The third-order valence-electron chi connectivity index (χ3n) is 6.13. The molecular formula is C23H18ClF2NO3. The summed E-state index contributed by atoms with van der Waals surface area (Å²) in [4.78, 5) is 27.9. The Balaban J connectivity index is 1.87. The van der Waals surface area contributed by atoms with Gasteiger partial charge in [0.25, 0.3) is 0 Å². The number of nitrogens with zero attached hydrogens (tertiary/aromatic N) is 1. The molecule has 0 radical (unpaired) electrons. The summed E-state index contributed by atoms with van der Waals surface area (Å²) < 4.78 is 27.7. The SMILES string of the molecule is C=CC1=CCC2C(=O)N(c3ccc(F)c(Cl)c3)C(=O)C2(C)C1c1ccc(O)c(F)c1. The monoisotopic (exact) mass is 429 g/mol. The maximum atomic E-state index is 14.1. The van der Waals surface area contributed by atoms with Crippen molar-refractivity contribution in [3.8, 4) is 5.75 Å². The molecule has 1 saturated heterocycles. The summed E-state index contributed by atoms with van der Waals surface area (Å²) in [6, 6.07) is 7.59. The lowest BCUT2D eigenvalue weighted by atomic mass is 9.60. The summed E-state index contributed by atoms with van der Waals surface area (Å²) in [5.41, 5.74) is 0.102. The second kappa shape index (κ2) is 7.06. The Morgan fingerprint density at radius 1 is 1.20 bits per heavy atom. The number of carbonyl (C=O) groups excluding carboxylic acids is 2. The van der Waals surface area contributed by atoms with Crippen LogP contribution in [0.5, 0.6) is 5.75 Å². The fourth-order valence-electron chi connectivity index (χ4n) is 4.60. The molecule has 1 fully saturated rings. The van der Waals surface area contributed by atoms with Gasteiger partial charge in [0.2, 0.25) is 11.8 Å². The Morgan fingerprint density at radius 2 is 1.93 bits per heavy atom. The zero-order chi connectivity index (χ0) is 21.8. The van der Waals surface area contributed by atoms with Gasteiger partial charge in [-0.1, -0.05) is 36.4 Å².